The van der Waals surface area contributed by atoms with Gasteiger partial charge in [-0.2, -0.15) is 0 Å². The minimum absolute atomic E-state index is 0.130. The molecule has 146 valence electrons. The van der Waals surface area contributed by atoms with Crippen molar-refractivity contribution in [3.8, 4) is 11.5 Å². The molecule has 0 bridgehead atoms. The predicted molar refractivity (Wildman–Crippen MR) is 103 cm³/mol. The van der Waals surface area contributed by atoms with Crippen molar-refractivity contribution >= 4 is 22.8 Å². The Bertz CT molecular complexity index is 938. The average Bonchev–Trinajstić information content (AvgIpc) is 3.15. The van der Waals surface area contributed by atoms with Crippen LogP contribution in [0.3, 0.4) is 0 Å². The smallest absolute Gasteiger partial charge is 0.346 e. The number of benzene rings is 2. The number of hydrogen-bond donors (Lipinski definition) is 1. The third-order valence-corrected chi connectivity index (χ3v) is 4.22. The molecule has 0 unspecified atom stereocenters. The molecule has 1 N–H and O–H groups in total. The fourth-order valence-electron chi connectivity index (χ4n) is 2.83. The van der Waals surface area contributed by atoms with Gasteiger partial charge >= 0.3 is 5.97 Å². The lowest BCUT2D eigenvalue weighted by Gasteiger charge is -2.14. The Labute approximate surface area is 162 Å². The maximum atomic E-state index is 12.4. The molecule has 0 fully saturated rings. The highest BCUT2D eigenvalue weighted by molar-refractivity contribution is 5.96. The van der Waals surface area contributed by atoms with Gasteiger partial charge in [-0.1, -0.05) is 24.3 Å². The number of carbonyl (C=O) groups excluding carboxylic acids is 2. The number of nitrogens with one attached hydrogen (secondary N) is 1. The van der Waals surface area contributed by atoms with Gasteiger partial charge in [0.1, 0.15) is 28.4 Å². The molecule has 7 heteroatoms. The third-order valence-electron chi connectivity index (χ3n) is 4.22. The highest BCUT2D eigenvalue weighted by Crippen LogP contribution is 2.29. The maximum absolute atomic E-state index is 12.4. The number of ether oxygens (including phenoxy) is 3. The van der Waals surface area contributed by atoms with E-state index in [1.165, 1.54) is 14.2 Å². The minimum Gasteiger partial charge on any atom is -0.496 e. The number of fused-ring (bicyclic) bond motifs is 1. The van der Waals surface area contributed by atoms with Crippen LogP contribution < -0.4 is 14.8 Å². The molecular weight excluding hydrogens is 362 g/mol. The van der Waals surface area contributed by atoms with E-state index in [4.69, 9.17) is 18.6 Å². The summed E-state index contributed by atoms with van der Waals surface area (Å²) in [6.45, 7) is 1.35. The number of furan rings is 1. The van der Waals surface area contributed by atoms with Crippen LogP contribution in [0.15, 0.2) is 52.9 Å². The molecule has 1 heterocycles. The van der Waals surface area contributed by atoms with Crippen LogP contribution in [0.5, 0.6) is 11.5 Å². The van der Waals surface area contributed by atoms with Gasteiger partial charge in [-0.25, -0.2) is 4.79 Å². The lowest BCUT2D eigenvalue weighted by atomic mass is 10.2. The van der Waals surface area contributed by atoms with Gasteiger partial charge in [-0.15, -0.1) is 0 Å². The minimum atomic E-state index is -0.708. The van der Waals surface area contributed by atoms with Crippen molar-refractivity contribution in [1.82, 2.24) is 5.32 Å². The van der Waals surface area contributed by atoms with Gasteiger partial charge < -0.3 is 23.9 Å². The van der Waals surface area contributed by atoms with Crippen LogP contribution in [-0.2, 0) is 9.53 Å². The van der Waals surface area contributed by atoms with E-state index in [-0.39, 0.29) is 11.6 Å². The number of methoxy groups -OCH3 is 2. The van der Waals surface area contributed by atoms with E-state index in [1.807, 2.05) is 30.3 Å². The summed E-state index contributed by atoms with van der Waals surface area (Å²) < 4.78 is 21.2. The molecule has 0 aliphatic heterocycles. The fraction of sp³-hybridized carbons (Fsp3) is 0.238. The second-order valence-electron chi connectivity index (χ2n) is 6.09. The van der Waals surface area contributed by atoms with Gasteiger partial charge in [0.25, 0.3) is 5.91 Å². The van der Waals surface area contributed by atoms with Crippen LogP contribution in [0.1, 0.15) is 29.1 Å². The SMILES string of the molecule is COc1cccc(OC)c1C(=O)OCC(=O)N[C@H](C)c1cc2ccccc2o1. The Morgan fingerprint density at radius 3 is 2.36 bits per heavy atom. The summed E-state index contributed by atoms with van der Waals surface area (Å²) in [7, 11) is 2.88. The summed E-state index contributed by atoms with van der Waals surface area (Å²) in [5.74, 6) is 0.0732. The lowest BCUT2D eigenvalue weighted by molar-refractivity contribution is -0.125. The van der Waals surface area contributed by atoms with Gasteiger partial charge in [0.05, 0.1) is 20.3 Å². The van der Waals surface area contributed by atoms with Crippen molar-refractivity contribution in [1.29, 1.82) is 0 Å². The molecule has 0 saturated carbocycles. The van der Waals surface area contributed by atoms with Crippen LogP contribution in [0.4, 0.5) is 0 Å². The van der Waals surface area contributed by atoms with E-state index in [0.29, 0.717) is 17.3 Å². The fourth-order valence-corrected chi connectivity index (χ4v) is 2.83. The van der Waals surface area contributed by atoms with Gasteiger partial charge in [-0.05, 0) is 31.2 Å². The molecule has 7 nitrogen and oxygen atoms in total. The molecule has 0 saturated heterocycles. The Morgan fingerprint density at radius 1 is 1.04 bits per heavy atom. The first-order valence-electron chi connectivity index (χ1n) is 8.69. The molecule has 0 aliphatic carbocycles. The second kappa shape index (κ2) is 8.47. The van der Waals surface area contributed by atoms with Crippen molar-refractivity contribution in [2.45, 2.75) is 13.0 Å². The first-order valence-corrected chi connectivity index (χ1v) is 8.69. The van der Waals surface area contributed by atoms with E-state index in [0.717, 1.165) is 11.0 Å². The van der Waals surface area contributed by atoms with Crippen LogP contribution in [0.25, 0.3) is 11.0 Å². The lowest BCUT2D eigenvalue weighted by Crippen LogP contribution is -2.31. The molecule has 3 rings (SSSR count). The molecule has 1 amide bonds. The van der Waals surface area contributed by atoms with Crippen LogP contribution in [0, 0.1) is 0 Å². The molecule has 0 spiro atoms. The topological polar surface area (TPSA) is 87.0 Å². The first kappa shape index (κ1) is 19.3. The Balaban J connectivity index is 1.62. The van der Waals surface area contributed by atoms with Crippen LogP contribution in [0.2, 0.25) is 0 Å². The van der Waals surface area contributed by atoms with Gasteiger partial charge in [0, 0.05) is 5.39 Å². The van der Waals surface area contributed by atoms with E-state index in [1.54, 1.807) is 25.1 Å². The van der Waals surface area contributed by atoms with Crippen molar-refractivity contribution in [3.05, 3.63) is 59.9 Å². The van der Waals surface area contributed by atoms with Crippen molar-refractivity contribution < 1.29 is 28.2 Å². The summed E-state index contributed by atoms with van der Waals surface area (Å²) in [4.78, 5) is 24.6. The van der Waals surface area contributed by atoms with Gasteiger partial charge in [0.15, 0.2) is 6.61 Å². The summed E-state index contributed by atoms with van der Waals surface area (Å²) in [5, 5.41) is 3.70. The number of para-hydroxylation sites is 1. The zero-order chi connectivity index (χ0) is 20.1. The molecule has 0 radical (unpaired) electrons. The van der Waals surface area contributed by atoms with Gasteiger partial charge in [-0.3, -0.25) is 4.79 Å². The summed E-state index contributed by atoms with van der Waals surface area (Å²) in [5.41, 5.74) is 0.874. The largest absolute Gasteiger partial charge is 0.496 e. The number of hydrogen-bond acceptors (Lipinski definition) is 6. The van der Waals surface area contributed by atoms with E-state index in [9.17, 15) is 9.59 Å². The van der Waals surface area contributed by atoms with Crippen molar-refractivity contribution in [2.24, 2.45) is 0 Å². The second-order valence-corrected chi connectivity index (χ2v) is 6.09. The molecule has 1 aromatic heterocycles. The molecule has 2 aromatic carbocycles. The summed E-state index contributed by atoms with van der Waals surface area (Å²) in [6.07, 6.45) is 0. The van der Waals surface area contributed by atoms with Crippen molar-refractivity contribution in [2.75, 3.05) is 20.8 Å². The third kappa shape index (κ3) is 4.09. The van der Waals surface area contributed by atoms with E-state index >= 15 is 0 Å². The monoisotopic (exact) mass is 383 g/mol. The predicted octanol–water partition coefficient (Wildman–Crippen LogP) is 3.48. The summed E-state index contributed by atoms with van der Waals surface area (Å²) in [6, 6.07) is 14.0. The molecular formula is C21H21NO6. The maximum Gasteiger partial charge on any atom is 0.346 e. The highest BCUT2D eigenvalue weighted by atomic mass is 16.5. The standard InChI is InChI=1S/C21H21NO6/c1-13(18-11-14-7-4-5-8-15(14)28-18)22-19(23)12-27-21(24)20-16(25-2)9-6-10-17(20)26-3/h4-11,13H,12H2,1-3H3,(H,22,23)/t13-/m1/s1. The van der Waals surface area contributed by atoms with Crippen LogP contribution in [-0.4, -0.2) is 32.7 Å². The Hall–Kier alpha value is -3.48. The van der Waals surface area contributed by atoms with E-state index in [2.05, 4.69) is 5.32 Å². The average molecular weight is 383 g/mol. The Kier molecular flexibility index (Phi) is 5.84. The Morgan fingerprint density at radius 2 is 1.71 bits per heavy atom. The quantitative estimate of drug-likeness (QED) is 0.629. The van der Waals surface area contributed by atoms with Crippen LogP contribution >= 0.6 is 0 Å². The molecule has 3 aromatic rings. The number of carbonyl (C=O) groups is 2. The zero-order valence-electron chi connectivity index (χ0n) is 15.9. The first-order chi connectivity index (χ1) is 13.5. The molecule has 1 atom stereocenters. The normalized spacial score (nSPS) is 11.7. The highest BCUT2D eigenvalue weighted by Gasteiger charge is 2.21. The van der Waals surface area contributed by atoms with E-state index < -0.39 is 18.5 Å². The molecule has 0 aliphatic rings. The number of amides is 1. The summed E-state index contributed by atoms with van der Waals surface area (Å²) >= 11 is 0. The number of esters is 1. The number of rotatable bonds is 7. The van der Waals surface area contributed by atoms with Crippen molar-refractivity contribution in [3.63, 3.8) is 0 Å². The van der Waals surface area contributed by atoms with Gasteiger partial charge in [0.2, 0.25) is 0 Å². The molecule has 28 heavy (non-hydrogen) atoms. The zero-order valence-corrected chi connectivity index (χ0v) is 15.9.